The summed E-state index contributed by atoms with van der Waals surface area (Å²) in [6.45, 7) is 4.95. The molecular formula is C15H19BrFN3S. The van der Waals surface area contributed by atoms with Crippen molar-refractivity contribution >= 4 is 38.8 Å². The molecule has 6 heteroatoms. The van der Waals surface area contributed by atoms with Gasteiger partial charge in [0, 0.05) is 38.3 Å². The lowest BCUT2D eigenvalue weighted by Crippen LogP contribution is -2.47. The maximum Gasteiger partial charge on any atom is 0.161 e. The average molecular weight is 372 g/mol. The quantitative estimate of drug-likeness (QED) is 0.824. The summed E-state index contributed by atoms with van der Waals surface area (Å²) in [7, 11) is 0. The van der Waals surface area contributed by atoms with Crippen molar-refractivity contribution in [3.63, 3.8) is 0 Å². The van der Waals surface area contributed by atoms with Crippen molar-refractivity contribution in [1.29, 1.82) is 0 Å². The van der Waals surface area contributed by atoms with Crippen molar-refractivity contribution in [2.24, 2.45) is 11.7 Å². The number of piperazine rings is 1. The highest BCUT2D eigenvalue weighted by Crippen LogP contribution is 2.32. The lowest BCUT2D eigenvalue weighted by Gasteiger charge is -2.36. The molecule has 2 N–H and O–H groups in total. The normalized spacial score (nSPS) is 19.8. The summed E-state index contributed by atoms with van der Waals surface area (Å²) in [5, 5.41) is 0. The predicted octanol–water partition coefficient (Wildman–Crippen LogP) is 2.75. The Hall–Kier alpha value is -0.720. The highest BCUT2D eigenvalue weighted by molar-refractivity contribution is 9.10. The van der Waals surface area contributed by atoms with Gasteiger partial charge in [0.05, 0.1) is 10.2 Å². The first kappa shape index (κ1) is 15.2. The summed E-state index contributed by atoms with van der Waals surface area (Å²) in [5.74, 6) is 0.642. The van der Waals surface area contributed by atoms with Gasteiger partial charge in [-0.1, -0.05) is 12.2 Å². The van der Waals surface area contributed by atoms with Crippen LogP contribution in [0.3, 0.4) is 0 Å². The number of hydrogen-bond donors (Lipinski definition) is 1. The van der Waals surface area contributed by atoms with Crippen molar-refractivity contribution < 1.29 is 4.39 Å². The van der Waals surface area contributed by atoms with Crippen molar-refractivity contribution in [2.75, 3.05) is 37.6 Å². The minimum absolute atomic E-state index is 0.210. The summed E-state index contributed by atoms with van der Waals surface area (Å²) in [6.07, 6.45) is 2.75. The predicted molar refractivity (Wildman–Crippen MR) is 91.4 cm³/mol. The van der Waals surface area contributed by atoms with E-state index in [0.29, 0.717) is 15.7 Å². The first-order valence-corrected chi connectivity index (χ1v) is 8.51. The smallest absolute Gasteiger partial charge is 0.161 e. The number of benzene rings is 1. The van der Waals surface area contributed by atoms with Gasteiger partial charge in [-0.25, -0.2) is 4.39 Å². The number of thiocarbonyl (C=S) groups is 1. The van der Waals surface area contributed by atoms with Crippen molar-refractivity contribution in [3.8, 4) is 0 Å². The number of nitrogens with zero attached hydrogens (tertiary/aromatic N) is 2. The molecule has 1 heterocycles. The molecule has 0 spiro atoms. The second-order valence-electron chi connectivity index (χ2n) is 5.86. The molecule has 2 aliphatic rings. The molecule has 114 valence electrons. The summed E-state index contributed by atoms with van der Waals surface area (Å²) < 4.78 is 14.9. The molecule has 1 aliphatic carbocycles. The van der Waals surface area contributed by atoms with E-state index < -0.39 is 0 Å². The standard InChI is InChI=1S/C15H19BrFN3S/c16-13-11(15(18)21)3-4-12(14(13)17)20-7-5-19(6-8-20)9-10-1-2-10/h3-4,10H,1-2,5-9H2,(H2,18,21). The molecule has 0 amide bonds. The molecule has 1 saturated carbocycles. The van der Waals surface area contributed by atoms with Crippen LogP contribution >= 0.6 is 28.1 Å². The van der Waals surface area contributed by atoms with E-state index in [0.717, 1.165) is 32.1 Å². The fraction of sp³-hybridized carbons (Fsp3) is 0.533. The molecule has 0 unspecified atom stereocenters. The van der Waals surface area contributed by atoms with E-state index in [1.165, 1.54) is 19.4 Å². The van der Waals surface area contributed by atoms with Crippen LogP contribution in [0.4, 0.5) is 10.1 Å². The van der Waals surface area contributed by atoms with Gasteiger partial charge in [-0.05, 0) is 46.8 Å². The molecule has 0 atom stereocenters. The number of anilines is 1. The number of nitrogens with two attached hydrogens (primary N) is 1. The molecule has 3 rings (SSSR count). The molecule has 0 bridgehead atoms. The third-order valence-electron chi connectivity index (χ3n) is 4.25. The van der Waals surface area contributed by atoms with Crippen LogP contribution in [0.1, 0.15) is 18.4 Å². The second-order valence-corrected chi connectivity index (χ2v) is 7.09. The summed E-state index contributed by atoms with van der Waals surface area (Å²) >= 11 is 8.20. The minimum Gasteiger partial charge on any atom is -0.389 e. The lowest BCUT2D eigenvalue weighted by atomic mass is 10.1. The van der Waals surface area contributed by atoms with Crippen LogP contribution in [-0.4, -0.2) is 42.6 Å². The average Bonchev–Trinajstić information content (AvgIpc) is 3.26. The molecule has 1 saturated heterocycles. The van der Waals surface area contributed by atoms with E-state index >= 15 is 0 Å². The van der Waals surface area contributed by atoms with Crippen LogP contribution in [0.15, 0.2) is 16.6 Å². The van der Waals surface area contributed by atoms with Gasteiger partial charge in [-0.2, -0.15) is 0 Å². The Labute approximate surface area is 138 Å². The number of halogens is 2. The Morgan fingerprint density at radius 2 is 1.95 bits per heavy atom. The van der Waals surface area contributed by atoms with E-state index in [-0.39, 0.29) is 10.8 Å². The Kier molecular flexibility index (Phi) is 4.47. The Bertz CT molecular complexity index is 554. The Balaban J connectivity index is 1.70. The van der Waals surface area contributed by atoms with Crippen LogP contribution in [-0.2, 0) is 0 Å². The second kappa shape index (κ2) is 6.18. The van der Waals surface area contributed by atoms with Gasteiger partial charge in [0.15, 0.2) is 5.82 Å². The summed E-state index contributed by atoms with van der Waals surface area (Å²) in [5.41, 5.74) is 6.78. The van der Waals surface area contributed by atoms with Crippen LogP contribution in [0.25, 0.3) is 0 Å². The molecule has 1 aliphatic heterocycles. The maximum absolute atomic E-state index is 14.5. The molecule has 21 heavy (non-hydrogen) atoms. The fourth-order valence-electron chi connectivity index (χ4n) is 2.81. The van der Waals surface area contributed by atoms with Gasteiger partial charge in [-0.15, -0.1) is 0 Å². The highest BCUT2D eigenvalue weighted by Gasteiger charge is 2.27. The first-order chi connectivity index (χ1) is 10.1. The van der Waals surface area contributed by atoms with E-state index in [9.17, 15) is 4.39 Å². The van der Waals surface area contributed by atoms with Crippen LogP contribution in [0, 0.1) is 11.7 Å². The van der Waals surface area contributed by atoms with Gasteiger partial charge in [-0.3, -0.25) is 4.90 Å². The number of hydrogen-bond acceptors (Lipinski definition) is 3. The summed E-state index contributed by atoms with van der Waals surface area (Å²) in [4.78, 5) is 4.80. The third-order valence-corrected chi connectivity index (χ3v) is 5.25. The van der Waals surface area contributed by atoms with Crippen molar-refractivity contribution in [2.45, 2.75) is 12.8 Å². The van der Waals surface area contributed by atoms with Gasteiger partial charge >= 0.3 is 0 Å². The molecule has 1 aromatic carbocycles. The van der Waals surface area contributed by atoms with Crippen LogP contribution in [0.2, 0.25) is 0 Å². The van der Waals surface area contributed by atoms with Crippen LogP contribution in [0.5, 0.6) is 0 Å². The molecule has 2 fully saturated rings. The van der Waals surface area contributed by atoms with E-state index in [4.69, 9.17) is 18.0 Å². The molecular weight excluding hydrogens is 353 g/mol. The van der Waals surface area contributed by atoms with E-state index in [1.807, 2.05) is 0 Å². The van der Waals surface area contributed by atoms with Crippen molar-refractivity contribution in [1.82, 2.24) is 4.90 Å². The zero-order valence-electron chi connectivity index (χ0n) is 11.8. The highest BCUT2D eigenvalue weighted by atomic mass is 79.9. The maximum atomic E-state index is 14.5. The zero-order chi connectivity index (χ0) is 15.0. The minimum atomic E-state index is -0.268. The molecule has 0 aromatic heterocycles. The SMILES string of the molecule is NC(=S)c1ccc(N2CCN(CC3CC3)CC2)c(F)c1Br. The fourth-order valence-corrected chi connectivity index (χ4v) is 3.66. The lowest BCUT2D eigenvalue weighted by molar-refractivity contribution is 0.247. The monoisotopic (exact) mass is 371 g/mol. The zero-order valence-corrected chi connectivity index (χ0v) is 14.2. The Morgan fingerprint density at radius 1 is 1.29 bits per heavy atom. The molecule has 1 aromatic rings. The van der Waals surface area contributed by atoms with Gasteiger partial charge in [0.25, 0.3) is 0 Å². The van der Waals surface area contributed by atoms with E-state index in [1.54, 1.807) is 12.1 Å². The van der Waals surface area contributed by atoms with Crippen LogP contribution < -0.4 is 10.6 Å². The molecule has 3 nitrogen and oxygen atoms in total. The topological polar surface area (TPSA) is 32.5 Å². The third kappa shape index (κ3) is 3.38. The Morgan fingerprint density at radius 3 is 2.52 bits per heavy atom. The van der Waals surface area contributed by atoms with E-state index in [2.05, 4.69) is 25.7 Å². The van der Waals surface area contributed by atoms with Crippen molar-refractivity contribution in [3.05, 3.63) is 28.0 Å². The van der Waals surface area contributed by atoms with Gasteiger partial charge < -0.3 is 10.6 Å². The van der Waals surface area contributed by atoms with Gasteiger partial charge in [0.2, 0.25) is 0 Å². The van der Waals surface area contributed by atoms with Gasteiger partial charge in [0.1, 0.15) is 4.99 Å². The first-order valence-electron chi connectivity index (χ1n) is 7.31. The molecule has 0 radical (unpaired) electrons. The number of rotatable bonds is 4. The summed E-state index contributed by atoms with van der Waals surface area (Å²) in [6, 6.07) is 3.58. The largest absolute Gasteiger partial charge is 0.389 e.